The molecule has 0 saturated carbocycles. The van der Waals surface area contributed by atoms with E-state index in [4.69, 9.17) is 11.6 Å². The molecule has 0 aliphatic carbocycles. The fraction of sp³-hybridized carbons (Fsp3) is 0. The molecule has 7 heteroatoms. The van der Waals surface area contributed by atoms with Gasteiger partial charge in [-0.3, -0.25) is 0 Å². The van der Waals surface area contributed by atoms with Crippen molar-refractivity contribution in [1.29, 1.82) is 0 Å². The van der Waals surface area contributed by atoms with Gasteiger partial charge in [0, 0.05) is 17.2 Å². The monoisotopic (exact) mass is 277 g/mol. The number of nitrogens with zero attached hydrogens (tertiary/aromatic N) is 3. The predicted molar refractivity (Wildman–Crippen MR) is 68.4 cm³/mol. The van der Waals surface area contributed by atoms with Crippen LogP contribution >= 0.6 is 11.6 Å². The van der Waals surface area contributed by atoms with Crippen molar-refractivity contribution in [3.05, 3.63) is 46.6 Å². The molecule has 3 rings (SSSR count). The van der Waals surface area contributed by atoms with E-state index in [0.717, 1.165) is 10.9 Å². The second kappa shape index (κ2) is 4.03. The van der Waals surface area contributed by atoms with Gasteiger partial charge in [0.1, 0.15) is 5.75 Å². The van der Waals surface area contributed by atoms with E-state index < -0.39 is 0 Å². The average Bonchev–Trinajstić information content (AvgIpc) is 2.66. The van der Waals surface area contributed by atoms with Crippen molar-refractivity contribution in [2.45, 2.75) is 0 Å². The predicted octanol–water partition coefficient (Wildman–Crippen LogP) is 1.72. The number of benzene rings is 2. The summed E-state index contributed by atoms with van der Waals surface area (Å²) in [6.07, 6.45) is 0. The number of hydrogen-bond donors (Lipinski definition) is 2. The largest absolute Gasteiger partial charge is 0.692 e. The van der Waals surface area contributed by atoms with Crippen LogP contribution in [0.3, 0.4) is 0 Å². The molecule has 0 bridgehead atoms. The molecule has 3 aromatic rings. The lowest BCUT2D eigenvalue weighted by atomic mass is 10.3. The van der Waals surface area contributed by atoms with Crippen molar-refractivity contribution in [2.24, 2.45) is 0 Å². The van der Waals surface area contributed by atoms with E-state index in [0.29, 0.717) is 20.9 Å². The maximum Gasteiger partial charge on any atom is 0.251 e. The molecule has 0 unspecified atom stereocenters. The Morgan fingerprint density at radius 2 is 1.95 bits per heavy atom. The van der Waals surface area contributed by atoms with Crippen molar-refractivity contribution < 1.29 is 15.1 Å². The number of rotatable bonds is 1. The molecule has 19 heavy (non-hydrogen) atoms. The van der Waals surface area contributed by atoms with Crippen LogP contribution in [0.2, 0.25) is 5.02 Å². The van der Waals surface area contributed by atoms with Gasteiger partial charge in [-0.1, -0.05) is 11.6 Å². The van der Waals surface area contributed by atoms with Crippen LogP contribution in [0.25, 0.3) is 16.7 Å². The van der Waals surface area contributed by atoms with E-state index in [1.165, 1.54) is 12.1 Å². The molecular formula is C12H8ClN3O3. The number of halogens is 1. The quantitative estimate of drug-likeness (QED) is 0.524. The Bertz CT molecular complexity index is 785. The first-order valence-electron chi connectivity index (χ1n) is 5.37. The van der Waals surface area contributed by atoms with Crippen LogP contribution in [-0.4, -0.2) is 20.1 Å². The van der Waals surface area contributed by atoms with Crippen molar-refractivity contribution in [2.75, 3.05) is 0 Å². The molecule has 2 N–H and O–H groups in total. The molecule has 0 aliphatic heterocycles. The molecule has 96 valence electrons. The zero-order chi connectivity index (χ0) is 13.6. The zero-order valence-corrected chi connectivity index (χ0v) is 10.2. The molecule has 0 fully saturated rings. The summed E-state index contributed by atoms with van der Waals surface area (Å²) in [6, 6.07) is 8.57. The molecule has 0 aliphatic rings. The second-order valence-electron chi connectivity index (χ2n) is 3.97. The third-order valence-corrected chi connectivity index (χ3v) is 2.93. The standard InChI is InChI=1S/C12H8ClN3O3/c13-7-1-3-10-9(5-7)14-15(16(10)19)11-4-2-8(17)6-12(11)18/h1-6,17-18H. The molecule has 0 spiro atoms. The number of fused-ring (bicyclic) bond motifs is 1. The summed E-state index contributed by atoms with van der Waals surface area (Å²) in [5.41, 5.74) is 0.909. The first kappa shape index (κ1) is 11.6. The van der Waals surface area contributed by atoms with Gasteiger partial charge in [0.05, 0.1) is 5.10 Å². The lowest BCUT2D eigenvalue weighted by molar-refractivity contribution is -0.664. The molecule has 0 saturated heterocycles. The SMILES string of the molecule is [O-][n+]1c2ccc(Cl)cc2nn1-c1ccc(O)cc1O. The summed E-state index contributed by atoms with van der Waals surface area (Å²) in [5, 5.41) is 35.6. The van der Waals surface area contributed by atoms with Crippen LogP contribution in [-0.2, 0) is 0 Å². The van der Waals surface area contributed by atoms with Gasteiger partial charge in [0.25, 0.3) is 5.52 Å². The minimum atomic E-state index is -0.247. The van der Waals surface area contributed by atoms with Crippen LogP contribution < -0.4 is 4.85 Å². The van der Waals surface area contributed by atoms with Crippen molar-refractivity contribution in [3.63, 3.8) is 0 Å². The molecule has 2 aromatic carbocycles. The topological polar surface area (TPSA) is 85.2 Å². The van der Waals surface area contributed by atoms with Gasteiger partial charge in [0.2, 0.25) is 5.52 Å². The highest BCUT2D eigenvalue weighted by atomic mass is 35.5. The number of hydrogen-bond acceptors (Lipinski definition) is 4. The Hall–Kier alpha value is -2.47. The zero-order valence-electron chi connectivity index (χ0n) is 9.49. The average molecular weight is 278 g/mol. The van der Waals surface area contributed by atoms with Gasteiger partial charge >= 0.3 is 0 Å². The molecule has 6 nitrogen and oxygen atoms in total. The van der Waals surface area contributed by atoms with Crippen molar-refractivity contribution in [3.8, 4) is 17.2 Å². The fourth-order valence-electron chi connectivity index (χ4n) is 1.82. The Morgan fingerprint density at radius 3 is 2.68 bits per heavy atom. The van der Waals surface area contributed by atoms with Crippen LogP contribution in [0, 0.1) is 5.21 Å². The molecule has 0 radical (unpaired) electrons. The minimum absolute atomic E-state index is 0.0987. The van der Waals surface area contributed by atoms with Gasteiger partial charge in [-0.25, -0.2) is 0 Å². The summed E-state index contributed by atoms with van der Waals surface area (Å²) < 4.78 is 0. The normalized spacial score (nSPS) is 11.0. The van der Waals surface area contributed by atoms with E-state index in [9.17, 15) is 15.4 Å². The van der Waals surface area contributed by atoms with E-state index in [2.05, 4.69) is 5.10 Å². The van der Waals surface area contributed by atoms with Gasteiger partial charge in [-0.15, -0.1) is 4.85 Å². The van der Waals surface area contributed by atoms with E-state index >= 15 is 0 Å². The maximum atomic E-state index is 12.1. The number of phenolic OH excluding ortho intramolecular Hbond substituents is 2. The van der Waals surface area contributed by atoms with Crippen molar-refractivity contribution >= 4 is 22.6 Å². The molecule has 1 heterocycles. The highest BCUT2D eigenvalue weighted by Gasteiger charge is 2.19. The van der Waals surface area contributed by atoms with Gasteiger partial charge < -0.3 is 15.4 Å². The summed E-state index contributed by atoms with van der Waals surface area (Å²) in [7, 11) is 0. The van der Waals surface area contributed by atoms with Crippen molar-refractivity contribution in [1.82, 2.24) is 9.90 Å². The first-order chi connectivity index (χ1) is 9.06. The lowest BCUT2D eigenvalue weighted by Crippen LogP contribution is -2.37. The molecule has 1 aromatic heterocycles. The van der Waals surface area contributed by atoms with Crippen LogP contribution in [0.1, 0.15) is 0 Å². The summed E-state index contributed by atoms with van der Waals surface area (Å²) >= 11 is 5.84. The number of aromatic nitrogens is 3. The minimum Gasteiger partial charge on any atom is -0.692 e. The third-order valence-electron chi connectivity index (χ3n) is 2.69. The maximum absolute atomic E-state index is 12.1. The molecule has 0 amide bonds. The van der Waals surface area contributed by atoms with Crippen LogP contribution in [0.15, 0.2) is 36.4 Å². The van der Waals surface area contributed by atoms with E-state index in [1.807, 2.05) is 0 Å². The van der Waals surface area contributed by atoms with E-state index in [-0.39, 0.29) is 17.2 Å². The summed E-state index contributed by atoms with van der Waals surface area (Å²) in [6.45, 7) is 0. The molecule has 0 atom stereocenters. The second-order valence-corrected chi connectivity index (χ2v) is 4.40. The van der Waals surface area contributed by atoms with Crippen LogP contribution in [0.5, 0.6) is 11.5 Å². The summed E-state index contributed by atoms with van der Waals surface area (Å²) in [5.74, 6) is -0.345. The first-order valence-corrected chi connectivity index (χ1v) is 5.74. The van der Waals surface area contributed by atoms with Gasteiger partial charge in [-0.2, -0.15) is 0 Å². The highest BCUT2D eigenvalue weighted by Crippen LogP contribution is 2.25. The smallest absolute Gasteiger partial charge is 0.251 e. The third kappa shape index (κ3) is 1.82. The molecular weight excluding hydrogens is 270 g/mol. The number of phenols is 2. The fourth-order valence-corrected chi connectivity index (χ4v) is 1.98. The number of aromatic hydroxyl groups is 2. The van der Waals surface area contributed by atoms with E-state index in [1.54, 1.807) is 18.2 Å². The summed E-state index contributed by atoms with van der Waals surface area (Å²) in [4.78, 5) is 1.54. The Labute approximate surface area is 112 Å². The van der Waals surface area contributed by atoms with Gasteiger partial charge in [0.15, 0.2) is 11.4 Å². The Morgan fingerprint density at radius 1 is 1.16 bits per heavy atom. The highest BCUT2D eigenvalue weighted by molar-refractivity contribution is 6.31. The Balaban J connectivity index is 2.27. The lowest BCUT2D eigenvalue weighted by Gasteiger charge is -2.05. The Kier molecular flexibility index (Phi) is 2.46. The van der Waals surface area contributed by atoms with Gasteiger partial charge in [-0.05, 0) is 29.1 Å². The van der Waals surface area contributed by atoms with Crippen LogP contribution in [0.4, 0.5) is 0 Å².